The van der Waals surface area contributed by atoms with Gasteiger partial charge in [-0.15, -0.1) is 5.10 Å². The lowest BCUT2D eigenvalue weighted by molar-refractivity contribution is 0.0434. The van der Waals surface area contributed by atoms with E-state index in [1.165, 1.54) is 0 Å². The molecule has 1 saturated heterocycles. The van der Waals surface area contributed by atoms with Crippen LogP contribution in [0.5, 0.6) is 11.5 Å². The zero-order chi connectivity index (χ0) is 25.1. The molecule has 1 aliphatic heterocycles. The van der Waals surface area contributed by atoms with Crippen LogP contribution in [0.15, 0.2) is 60.8 Å². The number of β-amino-alcohol motifs (C(OH)–C–C–N with tert-alkyl or cyclic N) is 2. The molecule has 0 unspecified atom stereocenters. The molecule has 0 amide bonds. The standard InChI is InChI=1S/C27H31N5O4/c1-35-25-6-4-3-5-21(25)23-10-8-19-16-28-27(30-32(19)23)29-22-9-7-18(15-26(22)36-2)20-11-12-31(13-14-33)17-24(20)34/h3-10,15-16,20,24,33-34H,11-14,17H2,1-2H3,(H,29,30)/t20-,24+/m0/s1. The maximum absolute atomic E-state index is 10.7. The Bertz CT molecular complexity index is 1340. The summed E-state index contributed by atoms with van der Waals surface area (Å²) in [5, 5.41) is 27.9. The highest BCUT2D eigenvalue weighted by molar-refractivity contribution is 5.72. The normalized spacial score (nSPS) is 18.3. The number of ether oxygens (including phenoxy) is 2. The number of para-hydroxylation sites is 1. The summed E-state index contributed by atoms with van der Waals surface area (Å²) in [6.45, 7) is 2.07. The first kappa shape index (κ1) is 24.1. The minimum atomic E-state index is -0.498. The minimum absolute atomic E-state index is 0.0128. The van der Waals surface area contributed by atoms with E-state index in [-0.39, 0.29) is 12.5 Å². The Balaban J connectivity index is 1.40. The summed E-state index contributed by atoms with van der Waals surface area (Å²) in [6.07, 6.45) is 2.09. The van der Waals surface area contributed by atoms with Crippen molar-refractivity contribution in [3.05, 3.63) is 66.4 Å². The smallest absolute Gasteiger partial charge is 0.245 e. The molecule has 3 heterocycles. The van der Waals surface area contributed by atoms with Gasteiger partial charge in [-0.25, -0.2) is 9.50 Å². The van der Waals surface area contributed by atoms with Crippen molar-refractivity contribution < 1.29 is 19.7 Å². The van der Waals surface area contributed by atoms with Crippen LogP contribution in [0.2, 0.25) is 0 Å². The molecule has 9 nitrogen and oxygen atoms in total. The first-order valence-electron chi connectivity index (χ1n) is 12.1. The molecule has 0 radical (unpaired) electrons. The van der Waals surface area contributed by atoms with E-state index >= 15 is 0 Å². The molecule has 2 aromatic heterocycles. The average Bonchev–Trinajstić information content (AvgIpc) is 3.32. The molecule has 1 aliphatic rings. The van der Waals surface area contributed by atoms with Gasteiger partial charge in [-0.05, 0) is 54.9 Å². The molecule has 0 saturated carbocycles. The quantitative estimate of drug-likeness (QED) is 0.346. The summed E-state index contributed by atoms with van der Waals surface area (Å²) in [7, 11) is 3.28. The molecule has 36 heavy (non-hydrogen) atoms. The number of aliphatic hydroxyl groups is 2. The van der Waals surface area contributed by atoms with Crippen LogP contribution >= 0.6 is 0 Å². The van der Waals surface area contributed by atoms with Gasteiger partial charge in [0, 0.05) is 24.6 Å². The van der Waals surface area contributed by atoms with Crippen molar-refractivity contribution in [3.63, 3.8) is 0 Å². The number of methoxy groups -OCH3 is 2. The van der Waals surface area contributed by atoms with Gasteiger partial charge in [0.1, 0.15) is 11.5 Å². The number of hydrogen-bond donors (Lipinski definition) is 3. The number of likely N-dealkylation sites (tertiary alicyclic amines) is 1. The van der Waals surface area contributed by atoms with Crippen LogP contribution in [0.4, 0.5) is 11.6 Å². The molecule has 0 aliphatic carbocycles. The third kappa shape index (κ3) is 4.73. The molecule has 2 aromatic carbocycles. The number of nitrogens with one attached hydrogen (secondary N) is 1. The van der Waals surface area contributed by atoms with Gasteiger partial charge >= 0.3 is 0 Å². The number of aromatic nitrogens is 3. The largest absolute Gasteiger partial charge is 0.496 e. The molecular weight excluding hydrogens is 458 g/mol. The Kier molecular flexibility index (Phi) is 7.04. The molecule has 5 rings (SSSR count). The number of aliphatic hydroxyl groups excluding tert-OH is 2. The zero-order valence-corrected chi connectivity index (χ0v) is 20.5. The van der Waals surface area contributed by atoms with Gasteiger partial charge < -0.3 is 25.0 Å². The number of piperidine rings is 1. The molecule has 0 spiro atoms. The SMILES string of the molecule is COc1cc([C@@H]2CCN(CCO)C[C@H]2O)ccc1Nc1ncc2ccc(-c3ccccc3OC)n2n1. The van der Waals surface area contributed by atoms with Crippen molar-refractivity contribution in [2.45, 2.75) is 18.4 Å². The summed E-state index contributed by atoms with van der Waals surface area (Å²) in [5.41, 5.74) is 4.46. The van der Waals surface area contributed by atoms with Crippen LogP contribution in [0.3, 0.4) is 0 Å². The fourth-order valence-corrected chi connectivity index (χ4v) is 4.91. The van der Waals surface area contributed by atoms with E-state index in [9.17, 15) is 10.2 Å². The van der Waals surface area contributed by atoms with Crippen LogP contribution < -0.4 is 14.8 Å². The number of hydrogen-bond acceptors (Lipinski definition) is 8. The Morgan fingerprint density at radius 1 is 1.06 bits per heavy atom. The lowest BCUT2D eigenvalue weighted by atomic mass is 9.87. The van der Waals surface area contributed by atoms with Crippen molar-refractivity contribution >= 4 is 17.2 Å². The summed E-state index contributed by atoms with van der Waals surface area (Å²) in [5.74, 6) is 1.86. The van der Waals surface area contributed by atoms with E-state index in [4.69, 9.17) is 14.6 Å². The van der Waals surface area contributed by atoms with Crippen LogP contribution in [-0.2, 0) is 0 Å². The number of benzene rings is 2. The van der Waals surface area contributed by atoms with Gasteiger partial charge in [0.05, 0.1) is 50.0 Å². The summed E-state index contributed by atoms with van der Waals surface area (Å²) in [4.78, 5) is 6.57. The van der Waals surface area contributed by atoms with E-state index in [1.54, 1.807) is 20.4 Å². The first-order chi connectivity index (χ1) is 17.6. The maximum atomic E-state index is 10.7. The second-order valence-electron chi connectivity index (χ2n) is 8.91. The monoisotopic (exact) mass is 489 g/mol. The van der Waals surface area contributed by atoms with E-state index in [2.05, 4.69) is 15.2 Å². The van der Waals surface area contributed by atoms with E-state index in [0.29, 0.717) is 24.8 Å². The maximum Gasteiger partial charge on any atom is 0.245 e. The first-order valence-corrected chi connectivity index (χ1v) is 12.1. The van der Waals surface area contributed by atoms with Gasteiger partial charge in [0.2, 0.25) is 5.95 Å². The molecule has 1 fully saturated rings. The van der Waals surface area contributed by atoms with Gasteiger partial charge in [-0.2, -0.15) is 0 Å². The Hall–Kier alpha value is -3.66. The number of rotatable bonds is 8. The van der Waals surface area contributed by atoms with Crippen LogP contribution in [0, 0.1) is 0 Å². The summed E-state index contributed by atoms with van der Waals surface area (Å²) >= 11 is 0. The Morgan fingerprint density at radius 2 is 1.89 bits per heavy atom. The molecule has 188 valence electrons. The summed E-state index contributed by atoms with van der Waals surface area (Å²) in [6, 6.07) is 17.7. The fourth-order valence-electron chi connectivity index (χ4n) is 4.91. The third-order valence-corrected chi connectivity index (χ3v) is 6.76. The van der Waals surface area contributed by atoms with E-state index in [0.717, 1.165) is 46.7 Å². The van der Waals surface area contributed by atoms with Crippen molar-refractivity contribution in [2.75, 3.05) is 45.8 Å². The Labute approximate surface area is 209 Å². The fraction of sp³-hybridized carbons (Fsp3) is 0.333. The van der Waals surface area contributed by atoms with Crippen molar-refractivity contribution in [2.24, 2.45) is 0 Å². The lowest BCUT2D eigenvalue weighted by Crippen LogP contribution is -2.43. The van der Waals surface area contributed by atoms with Gasteiger partial charge in [-0.3, -0.25) is 4.90 Å². The molecule has 3 N–H and O–H groups in total. The van der Waals surface area contributed by atoms with Gasteiger partial charge in [0.15, 0.2) is 0 Å². The van der Waals surface area contributed by atoms with Crippen molar-refractivity contribution in [1.29, 1.82) is 0 Å². The number of nitrogens with zero attached hydrogens (tertiary/aromatic N) is 4. The topological polar surface area (TPSA) is 104 Å². The predicted octanol–water partition coefficient (Wildman–Crippen LogP) is 3.30. The second-order valence-corrected chi connectivity index (χ2v) is 8.91. The van der Waals surface area contributed by atoms with Crippen molar-refractivity contribution in [3.8, 4) is 22.8 Å². The molecule has 9 heteroatoms. The molecule has 0 bridgehead atoms. The van der Waals surface area contributed by atoms with Crippen LogP contribution in [-0.4, -0.2) is 76.3 Å². The highest BCUT2D eigenvalue weighted by atomic mass is 16.5. The number of anilines is 2. The minimum Gasteiger partial charge on any atom is -0.496 e. The zero-order valence-electron chi connectivity index (χ0n) is 20.5. The van der Waals surface area contributed by atoms with Crippen LogP contribution in [0.25, 0.3) is 16.8 Å². The number of fused-ring (bicyclic) bond motifs is 1. The predicted molar refractivity (Wildman–Crippen MR) is 138 cm³/mol. The second kappa shape index (κ2) is 10.5. The molecule has 4 aromatic rings. The van der Waals surface area contributed by atoms with Crippen molar-refractivity contribution in [1.82, 2.24) is 19.5 Å². The Morgan fingerprint density at radius 3 is 2.67 bits per heavy atom. The van der Waals surface area contributed by atoms with E-state index in [1.807, 2.05) is 59.1 Å². The molecule has 2 atom stereocenters. The lowest BCUT2D eigenvalue weighted by Gasteiger charge is -2.36. The highest BCUT2D eigenvalue weighted by Crippen LogP contribution is 2.35. The van der Waals surface area contributed by atoms with Crippen LogP contribution in [0.1, 0.15) is 17.9 Å². The molecular formula is C27H31N5O4. The average molecular weight is 490 g/mol. The van der Waals surface area contributed by atoms with Gasteiger partial charge in [-0.1, -0.05) is 18.2 Å². The summed E-state index contributed by atoms with van der Waals surface area (Å²) < 4.78 is 13.1. The van der Waals surface area contributed by atoms with E-state index < -0.39 is 6.10 Å². The third-order valence-electron chi connectivity index (χ3n) is 6.76. The van der Waals surface area contributed by atoms with Gasteiger partial charge in [0.25, 0.3) is 0 Å². The highest BCUT2D eigenvalue weighted by Gasteiger charge is 2.29.